The first-order chi connectivity index (χ1) is 3.98. The molecule has 0 aromatic heterocycles. The molecule has 0 saturated carbocycles. The van der Waals surface area contributed by atoms with Crippen molar-refractivity contribution in [1.82, 2.24) is 0 Å². The van der Waals surface area contributed by atoms with Crippen molar-refractivity contribution in [3.63, 3.8) is 0 Å². The van der Waals surface area contributed by atoms with Gasteiger partial charge in [-0.2, -0.15) is 18.4 Å². The van der Waals surface area contributed by atoms with Crippen LogP contribution in [0.4, 0.5) is 13.2 Å². The molecule has 0 aliphatic rings. The van der Waals surface area contributed by atoms with Gasteiger partial charge in [-0.3, -0.25) is 0 Å². The number of nitrogens with zero attached hydrogens (tertiary/aromatic N) is 1. The number of alkyl halides is 3. The van der Waals surface area contributed by atoms with Crippen LogP contribution in [0.1, 0.15) is 0 Å². The van der Waals surface area contributed by atoms with Crippen LogP contribution in [0.3, 0.4) is 0 Å². The van der Waals surface area contributed by atoms with Gasteiger partial charge < -0.3 is 5.11 Å². The van der Waals surface area contributed by atoms with E-state index in [4.69, 9.17) is 5.26 Å². The first kappa shape index (κ1) is 13.1. The second-order valence-electron chi connectivity index (χ2n) is 1.14. The molecule has 0 N–H and O–H groups in total. The molecule has 0 unspecified atom stereocenters. The van der Waals surface area contributed by atoms with Crippen LogP contribution in [-0.4, -0.2) is 6.18 Å². The van der Waals surface area contributed by atoms with E-state index < -0.39 is 11.9 Å². The van der Waals surface area contributed by atoms with Crippen molar-refractivity contribution in [2.24, 2.45) is 0 Å². The average Bonchev–Trinajstić information content (AvgIpc) is 1.64. The maximum Gasteiger partial charge on any atom is 1.00 e. The van der Waals surface area contributed by atoms with Gasteiger partial charge in [-0.15, -0.1) is 0 Å². The van der Waals surface area contributed by atoms with Crippen molar-refractivity contribution in [3.05, 3.63) is 11.8 Å². The van der Waals surface area contributed by atoms with Crippen LogP contribution < -0.4 is 56.5 Å². The molecule has 0 saturated heterocycles. The van der Waals surface area contributed by atoms with Crippen LogP contribution in [-0.2, 0) is 0 Å². The molecule has 6 heteroatoms. The Morgan fingerprint density at radius 2 is 1.90 bits per heavy atom. The Kier molecular flexibility index (Phi) is 6.74. The van der Waals surface area contributed by atoms with Crippen LogP contribution in [0.2, 0.25) is 0 Å². The predicted octanol–water partition coefficient (Wildman–Crippen LogP) is -2.68. The molecule has 10 heavy (non-hydrogen) atoms. The van der Waals surface area contributed by atoms with Gasteiger partial charge in [0.15, 0.2) is 0 Å². The quantitative estimate of drug-likeness (QED) is 0.229. The molecule has 0 spiro atoms. The third kappa shape index (κ3) is 5.26. The number of rotatable bonds is 0. The Morgan fingerprint density at radius 1 is 1.50 bits per heavy atom. The van der Waals surface area contributed by atoms with E-state index >= 15 is 0 Å². The number of halogens is 3. The minimum atomic E-state index is -4.91. The Morgan fingerprint density at radius 3 is 2.00 bits per heavy atom. The van der Waals surface area contributed by atoms with E-state index in [-0.39, 0.29) is 57.5 Å². The predicted molar refractivity (Wildman–Crippen MR) is 19.8 cm³/mol. The van der Waals surface area contributed by atoms with Crippen LogP contribution >= 0.6 is 0 Å². The minimum Gasteiger partial charge on any atom is -0.869 e. The van der Waals surface area contributed by atoms with Gasteiger partial charge in [0.2, 0.25) is 0 Å². The number of allylic oxidation sites excluding steroid dienone is 2. The van der Waals surface area contributed by atoms with Gasteiger partial charge >= 0.3 is 57.6 Å². The van der Waals surface area contributed by atoms with Crippen molar-refractivity contribution in [2.75, 3.05) is 0 Å². The van der Waals surface area contributed by atoms with Gasteiger partial charge in [-0.1, -0.05) is 0 Å². The van der Waals surface area contributed by atoms with Gasteiger partial charge in [-0.05, 0) is 5.76 Å². The SMILES string of the molecule is N#C/C=C(/[O-])C(F)(F)F.[K+]. The molecular formula is C4HF3KNO. The van der Waals surface area contributed by atoms with E-state index in [1.807, 2.05) is 0 Å². The zero-order valence-corrected chi connectivity index (χ0v) is 8.19. The summed E-state index contributed by atoms with van der Waals surface area (Å²) in [6.45, 7) is 0. The molecule has 0 atom stereocenters. The Balaban J connectivity index is 0. The van der Waals surface area contributed by atoms with Crippen molar-refractivity contribution in [2.45, 2.75) is 6.18 Å². The maximum atomic E-state index is 11.1. The summed E-state index contributed by atoms with van der Waals surface area (Å²) in [5, 5.41) is 17.2. The molecule has 2 nitrogen and oxygen atoms in total. The fourth-order valence-electron chi connectivity index (χ4n) is 0.140. The van der Waals surface area contributed by atoms with E-state index in [9.17, 15) is 18.3 Å². The zero-order chi connectivity index (χ0) is 7.49. The average molecular weight is 175 g/mol. The van der Waals surface area contributed by atoms with Gasteiger partial charge in [-0.25, -0.2) is 0 Å². The Hall–Kier alpha value is 0.456. The zero-order valence-electron chi connectivity index (χ0n) is 5.07. The third-order valence-corrected chi connectivity index (χ3v) is 0.475. The number of hydrogen-bond donors (Lipinski definition) is 0. The summed E-state index contributed by atoms with van der Waals surface area (Å²) in [6, 6.07) is 0.979. The first-order valence-electron chi connectivity index (χ1n) is 1.82. The summed E-state index contributed by atoms with van der Waals surface area (Å²) in [5.74, 6) is -2.12. The van der Waals surface area contributed by atoms with Crippen molar-refractivity contribution >= 4 is 0 Å². The Labute approximate surface area is 97.8 Å². The van der Waals surface area contributed by atoms with E-state index in [0.29, 0.717) is 0 Å². The van der Waals surface area contributed by atoms with Gasteiger partial charge in [0.05, 0.1) is 6.07 Å². The molecule has 0 aromatic carbocycles. The first-order valence-corrected chi connectivity index (χ1v) is 1.82. The largest absolute Gasteiger partial charge is 1.00 e. The molecule has 0 radical (unpaired) electrons. The van der Waals surface area contributed by atoms with Crippen LogP contribution in [0.5, 0.6) is 0 Å². The Bertz CT molecular complexity index is 168. The molecular weight excluding hydrogens is 174 g/mol. The normalized spacial score (nSPS) is 11.6. The van der Waals surface area contributed by atoms with Crippen LogP contribution in [0, 0.1) is 11.3 Å². The summed E-state index contributed by atoms with van der Waals surface area (Å²) in [4.78, 5) is 0. The second-order valence-corrected chi connectivity index (χ2v) is 1.14. The van der Waals surface area contributed by atoms with Gasteiger partial charge in [0.1, 0.15) is 0 Å². The van der Waals surface area contributed by atoms with Gasteiger partial charge in [0.25, 0.3) is 0 Å². The van der Waals surface area contributed by atoms with E-state index in [0.717, 1.165) is 6.07 Å². The molecule has 0 fully saturated rings. The summed E-state index contributed by atoms with van der Waals surface area (Å²) in [7, 11) is 0. The topological polar surface area (TPSA) is 46.8 Å². The monoisotopic (exact) mass is 175 g/mol. The smallest absolute Gasteiger partial charge is 0.869 e. The fraction of sp³-hybridized carbons (Fsp3) is 0.250. The summed E-state index contributed by atoms with van der Waals surface area (Å²) in [6.07, 6.45) is -4.99. The molecule has 50 valence electrons. The molecule has 0 aromatic rings. The summed E-state index contributed by atoms with van der Waals surface area (Å²) >= 11 is 0. The number of nitriles is 1. The maximum absolute atomic E-state index is 11.1. The molecule has 0 aliphatic carbocycles. The summed E-state index contributed by atoms with van der Waals surface area (Å²) in [5.41, 5.74) is 0. The van der Waals surface area contributed by atoms with E-state index in [1.54, 1.807) is 0 Å². The van der Waals surface area contributed by atoms with Crippen molar-refractivity contribution in [3.8, 4) is 6.07 Å². The second kappa shape index (κ2) is 5.15. The summed E-state index contributed by atoms with van der Waals surface area (Å²) < 4.78 is 33.3. The van der Waals surface area contributed by atoms with Gasteiger partial charge in [0, 0.05) is 6.08 Å². The van der Waals surface area contributed by atoms with Crippen LogP contribution in [0.15, 0.2) is 11.8 Å². The number of hydrogen-bond acceptors (Lipinski definition) is 2. The van der Waals surface area contributed by atoms with Crippen molar-refractivity contribution < 1.29 is 69.7 Å². The standard InChI is InChI=1S/C4H2F3NO.K/c5-4(6,7)3(9)1-2-8;/h1,9H;/q;+1/p-1/b3-1+;. The van der Waals surface area contributed by atoms with Crippen molar-refractivity contribution in [1.29, 1.82) is 5.26 Å². The van der Waals surface area contributed by atoms with Crippen LogP contribution in [0.25, 0.3) is 0 Å². The molecule has 0 bridgehead atoms. The molecule has 0 rings (SSSR count). The van der Waals surface area contributed by atoms with E-state index in [2.05, 4.69) is 0 Å². The third-order valence-electron chi connectivity index (χ3n) is 0.475. The van der Waals surface area contributed by atoms with E-state index in [1.165, 1.54) is 0 Å². The minimum absolute atomic E-state index is 0. The molecule has 0 heterocycles. The molecule has 0 amide bonds. The molecule has 0 aliphatic heterocycles. The fourth-order valence-corrected chi connectivity index (χ4v) is 0.140.